The van der Waals surface area contributed by atoms with E-state index in [-0.39, 0.29) is 11.4 Å². The van der Waals surface area contributed by atoms with Gasteiger partial charge in [0, 0.05) is 18.2 Å². The monoisotopic (exact) mass is 206 g/mol. The lowest BCUT2D eigenvalue weighted by molar-refractivity contribution is 0.626. The minimum absolute atomic E-state index is 0.170. The van der Waals surface area contributed by atoms with Crippen molar-refractivity contribution in [3.8, 4) is 11.3 Å². The van der Waals surface area contributed by atoms with Crippen LogP contribution in [0.25, 0.3) is 11.3 Å². The Balaban J connectivity index is 2.57. The second kappa shape index (κ2) is 3.73. The molecule has 0 saturated heterocycles. The standard InChI is InChI=1S/C11H11FN2O/c1-2-14-10(7-11(15)13-14)8-4-3-5-9(12)6-8/h3-7H,2H2,1H3,(H,13,15). The van der Waals surface area contributed by atoms with Gasteiger partial charge in [0.2, 0.25) is 0 Å². The highest BCUT2D eigenvalue weighted by Gasteiger charge is 2.06. The molecule has 0 atom stereocenters. The molecule has 0 fully saturated rings. The molecule has 2 rings (SSSR count). The van der Waals surface area contributed by atoms with Crippen LogP contribution in [0.1, 0.15) is 6.92 Å². The van der Waals surface area contributed by atoms with Crippen LogP contribution in [0.2, 0.25) is 0 Å². The highest BCUT2D eigenvalue weighted by molar-refractivity contribution is 5.59. The van der Waals surface area contributed by atoms with Crippen LogP contribution in [0.3, 0.4) is 0 Å². The average molecular weight is 206 g/mol. The van der Waals surface area contributed by atoms with E-state index in [2.05, 4.69) is 5.10 Å². The first kappa shape index (κ1) is 9.71. The molecule has 1 N–H and O–H groups in total. The number of benzene rings is 1. The summed E-state index contributed by atoms with van der Waals surface area (Å²) in [6.45, 7) is 2.56. The van der Waals surface area contributed by atoms with Crippen LogP contribution in [-0.4, -0.2) is 9.78 Å². The minimum Gasteiger partial charge on any atom is -0.285 e. The van der Waals surface area contributed by atoms with Crippen molar-refractivity contribution < 1.29 is 4.39 Å². The average Bonchev–Trinajstić information content (AvgIpc) is 2.59. The molecule has 0 aliphatic carbocycles. The first-order valence-electron chi connectivity index (χ1n) is 4.76. The van der Waals surface area contributed by atoms with Crippen LogP contribution in [0.4, 0.5) is 4.39 Å². The normalized spacial score (nSPS) is 10.5. The van der Waals surface area contributed by atoms with E-state index in [1.54, 1.807) is 16.8 Å². The van der Waals surface area contributed by atoms with Gasteiger partial charge in [0.25, 0.3) is 5.56 Å². The van der Waals surface area contributed by atoms with Gasteiger partial charge in [-0.1, -0.05) is 12.1 Å². The Kier molecular flexibility index (Phi) is 2.41. The molecule has 0 aliphatic heterocycles. The minimum atomic E-state index is -0.302. The fourth-order valence-corrected chi connectivity index (χ4v) is 1.56. The molecule has 0 unspecified atom stereocenters. The first-order valence-corrected chi connectivity index (χ1v) is 4.76. The highest BCUT2D eigenvalue weighted by Crippen LogP contribution is 2.17. The number of halogens is 1. The van der Waals surface area contributed by atoms with Gasteiger partial charge < -0.3 is 0 Å². The Labute approximate surface area is 86.2 Å². The SMILES string of the molecule is CCn1[nH]c(=O)cc1-c1cccc(F)c1. The third-order valence-electron chi connectivity index (χ3n) is 2.24. The van der Waals surface area contributed by atoms with Crippen LogP contribution >= 0.6 is 0 Å². The lowest BCUT2D eigenvalue weighted by atomic mass is 10.1. The molecular formula is C11H11FN2O. The number of aromatic amines is 1. The van der Waals surface area contributed by atoms with E-state index in [0.29, 0.717) is 17.8 Å². The second-order valence-corrected chi connectivity index (χ2v) is 3.26. The summed E-state index contributed by atoms with van der Waals surface area (Å²) in [4.78, 5) is 11.2. The fraction of sp³-hybridized carbons (Fsp3) is 0.182. The van der Waals surface area contributed by atoms with Crippen LogP contribution in [0.5, 0.6) is 0 Å². The maximum atomic E-state index is 13.0. The molecule has 0 spiro atoms. The molecule has 3 nitrogen and oxygen atoms in total. The van der Waals surface area contributed by atoms with E-state index in [4.69, 9.17) is 0 Å². The summed E-state index contributed by atoms with van der Waals surface area (Å²) >= 11 is 0. The van der Waals surface area contributed by atoms with Crippen molar-refractivity contribution in [3.05, 3.63) is 46.5 Å². The largest absolute Gasteiger partial charge is 0.285 e. The summed E-state index contributed by atoms with van der Waals surface area (Å²) in [6.07, 6.45) is 0. The Morgan fingerprint density at radius 1 is 1.40 bits per heavy atom. The van der Waals surface area contributed by atoms with Crippen molar-refractivity contribution in [2.24, 2.45) is 0 Å². The maximum Gasteiger partial charge on any atom is 0.264 e. The molecule has 0 radical (unpaired) electrons. The quantitative estimate of drug-likeness (QED) is 0.801. The van der Waals surface area contributed by atoms with Crippen molar-refractivity contribution in [3.63, 3.8) is 0 Å². The van der Waals surface area contributed by atoms with E-state index in [0.717, 1.165) is 0 Å². The van der Waals surface area contributed by atoms with Gasteiger partial charge in [-0.05, 0) is 19.1 Å². The zero-order valence-corrected chi connectivity index (χ0v) is 8.33. The Morgan fingerprint density at radius 3 is 2.87 bits per heavy atom. The van der Waals surface area contributed by atoms with Crippen LogP contribution in [-0.2, 0) is 6.54 Å². The maximum absolute atomic E-state index is 13.0. The molecule has 4 heteroatoms. The zero-order valence-electron chi connectivity index (χ0n) is 8.33. The summed E-state index contributed by atoms with van der Waals surface area (Å²) in [5.74, 6) is -0.302. The predicted octanol–water partition coefficient (Wildman–Crippen LogP) is 2.00. The molecule has 2 aromatic rings. The van der Waals surface area contributed by atoms with Gasteiger partial charge >= 0.3 is 0 Å². The summed E-state index contributed by atoms with van der Waals surface area (Å²) in [7, 11) is 0. The molecule has 78 valence electrons. The van der Waals surface area contributed by atoms with Crippen LogP contribution < -0.4 is 5.56 Å². The van der Waals surface area contributed by atoms with E-state index >= 15 is 0 Å². The van der Waals surface area contributed by atoms with Gasteiger partial charge in [-0.3, -0.25) is 14.6 Å². The fourth-order valence-electron chi connectivity index (χ4n) is 1.56. The Morgan fingerprint density at radius 2 is 2.20 bits per heavy atom. The molecule has 0 bridgehead atoms. The zero-order chi connectivity index (χ0) is 10.8. The molecule has 0 saturated carbocycles. The van der Waals surface area contributed by atoms with E-state index < -0.39 is 0 Å². The van der Waals surface area contributed by atoms with Crippen LogP contribution in [0.15, 0.2) is 35.1 Å². The summed E-state index contributed by atoms with van der Waals surface area (Å²) in [5.41, 5.74) is 1.24. The van der Waals surface area contributed by atoms with Gasteiger partial charge in [-0.2, -0.15) is 0 Å². The Bertz CT molecular complexity index is 527. The smallest absolute Gasteiger partial charge is 0.264 e. The number of aromatic nitrogens is 2. The van der Waals surface area contributed by atoms with E-state index in [9.17, 15) is 9.18 Å². The number of rotatable bonds is 2. The van der Waals surface area contributed by atoms with Crippen molar-refractivity contribution in [1.82, 2.24) is 9.78 Å². The van der Waals surface area contributed by atoms with Gasteiger partial charge in [-0.25, -0.2) is 4.39 Å². The molecule has 0 aliphatic rings. The first-order chi connectivity index (χ1) is 7.20. The highest BCUT2D eigenvalue weighted by atomic mass is 19.1. The van der Waals surface area contributed by atoms with Crippen molar-refractivity contribution in [1.29, 1.82) is 0 Å². The number of H-pyrrole nitrogens is 1. The molecule has 0 amide bonds. The second-order valence-electron chi connectivity index (χ2n) is 3.26. The summed E-state index contributed by atoms with van der Waals surface area (Å²) < 4.78 is 14.7. The van der Waals surface area contributed by atoms with Crippen LogP contribution in [0, 0.1) is 5.82 Å². The van der Waals surface area contributed by atoms with E-state index in [1.165, 1.54) is 18.2 Å². The number of hydrogen-bond donors (Lipinski definition) is 1. The number of nitrogens with one attached hydrogen (secondary N) is 1. The van der Waals surface area contributed by atoms with Crippen molar-refractivity contribution in [2.75, 3.05) is 0 Å². The molecule has 1 aromatic carbocycles. The van der Waals surface area contributed by atoms with E-state index in [1.807, 2.05) is 6.92 Å². The van der Waals surface area contributed by atoms with Crippen molar-refractivity contribution >= 4 is 0 Å². The predicted molar refractivity (Wildman–Crippen MR) is 56.1 cm³/mol. The Hall–Kier alpha value is -1.84. The lowest BCUT2D eigenvalue weighted by Crippen LogP contribution is -2.04. The topological polar surface area (TPSA) is 37.8 Å². The third kappa shape index (κ3) is 1.83. The van der Waals surface area contributed by atoms with Gasteiger partial charge in [-0.15, -0.1) is 0 Å². The summed E-state index contributed by atoms with van der Waals surface area (Å²) in [6, 6.07) is 7.66. The van der Waals surface area contributed by atoms with Gasteiger partial charge in [0.15, 0.2) is 0 Å². The number of hydrogen-bond acceptors (Lipinski definition) is 1. The third-order valence-corrected chi connectivity index (χ3v) is 2.24. The lowest BCUT2D eigenvalue weighted by Gasteiger charge is -2.04. The van der Waals surface area contributed by atoms with Crippen molar-refractivity contribution in [2.45, 2.75) is 13.5 Å². The van der Waals surface area contributed by atoms with Gasteiger partial charge in [0.05, 0.1) is 5.69 Å². The number of nitrogens with zero attached hydrogens (tertiary/aromatic N) is 1. The molecule has 1 aromatic heterocycles. The molecule has 15 heavy (non-hydrogen) atoms. The number of aryl methyl sites for hydroxylation is 1. The molecule has 1 heterocycles. The summed E-state index contributed by atoms with van der Waals surface area (Å²) in [5, 5.41) is 2.65. The van der Waals surface area contributed by atoms with Gasteiger partial charge in [0.1, 0.15) is 5.82 Å². The molecular weight excluding hydrogens is 195 g/mol.